The molecule has 1 aromatic heterocycles. The molecule has 210 valence electrons. The van der Waals surface area contributed by atoms with Gasteiger partial charge in [0.05, 0.1) is 0 Å². The van der Waals surface area contributed by atoms with Crippen LogP contribution in [0.15, 0.2) is 48.6 Å². The zero-order valence-corrected chi connectivity index (χ0v) is 23.4. The van der Waals surface area contributed by atoms with E-state index >= 15 is 0 Å². The Morgan fingerprint density at radius 2 is 1.10 bits per heavy atom. The number of aromatic nitrogens is 1. The van der Waals surface area contributed by atoms with Crippen molar-refractivity contribution in [2.24, 2.45) is 0 Å². The van der Waals surface area contributed by atoms with Crippen molar-refractivity contribution in [1.29, 1.82) is 0 Å². The molecule has 0 atom stereocenters. The van der Waals surface area contributed by atoms with Crippen LogP contribution >= 0.6 is 0 Å². The molecule has 9 nitrogen and oxygen atoms in total. The van der Waals surface area contributed by atoms with Gasteiger partial charge in [-0.05, 0) is 97.4 Å². The normalized spacial score (nSPS) is 11.4. The summed E-state index contributed by atoms with van der Waals surface area (Å²) in [5.74, 6) is -2.16. The molecule has 3 aromatic rings. The summed E-state index contributed by atoms with van der Waals surface area (Å²) in [5, 5.41) is 17.7. The summed E-state index contributed by atoms with van der Waals surface area (Å²) in [4.78, 5) is 48.8. The van der Waals surface area contributed by atoms with Crippen LogP contribution in [0.5, 0.6) is 0 Å². The highest BCUT2D eigenvalue weighted by atomic mass is 16.4. The fourth-order valence-corrected chi connectivity index (χ4v) is 4.33. The number of Topliss-reactive ketones (excluding diaryl/α,β-unsaturated/α-hetero) is 2. The van der Waals surface area contributed by atoms with Gasteiger partial charge >= 0.3 is 11.9 Å². The molecule has 0 unspecified atom stereocenters. The maximum absolute atomic E-state index is 12.7. The van der Waals surface area contributed by atoms with E-state index in [0.717, 1.165) is 65.4 Å². The molecule has 39 heavy (non-hydrogen) atoms. The molecule has 9 heteroatoms. The van der Waals surface area contributed by atoms with Crippen LogP contribution in [-0.2, 0) is 16.1 Å². The van der Waals surface area contributed by atoms with Crippen LogP contribution in [0.25, 0.3) is 21.8 Å². The molecule has 0 aliphatic carbocycles. The molecule has 1 heterocycles. The molecule has 0 amide bonds. The van der Waals surface area contributed by atoms with Gasteiger partial charge in [-0.25, -0.2) is 9.59 Å². The van der Waals surface area contributed by atoms with Gasteiger partial charge in [-0.3, -0.25) is 9.59 Å². The first-order chi connectivity index (χ1) is 18.4. The second-order valence-corrected chi connectivity index (χ2v) is 9.88. The summed E-state index contributed by atoms with van der Waals surface area (Å²) in [6.45, 7) is 4.77. The van der Waals surface area contributed by atoms with Crippen molar-refractivity contribution in [2.45, 2.75) is 39.2 Å². The fraction of sp³-hybridized carbons (Fsp3) is 0.400. The average Bonchev–Trinajstić information content (AvgIpc) is 3.19. The molecule has 0 saturated heterocycles. The van der Waals surface area contributed by atoms with E-state index in [4.69, 9.17) is 10.2 Å². The van der Waals surface area contributed by atoms with Crippen molar-refractivity contribution >= 4 is 45.3 Å². The van der Waals surface area contributed by atoms with E-state index in [1.165, 1.54) is 0 Å². The summed E-state index contributed by atoms with van der Waals surface area (Å²) < 4.78 is 2.26. The van der Waals surface area contributed by atoms with Gasteiger partial charge in [-0.15, -0.1) is 0 Å². The number of aliphatic carboxylic acids is 2. The number of carbonyl (C=O) groups is 4. The standard InChI is InChI=1S/C26H35N3O2.C4H4O4/c1-6-29-23-13-11-19(25(30)9-7-15-27(2)3)17-21(23)22-18-20(12-14-24(22)29)26(31)10-8-16-28(4)5;5-3(6)1-2-4(7)8/h11-14,17-18H,6-10,15-16H2,1-5H3;1-2H,(H,5,6)(H,7,8). The van der Waals surface area contributed by atoms with Crippen molar-refractivity contribution < 1.29 is 29.4 Å². The largest absolute Gasteiger partial charge is 0.478 e. The van der Waals surface area contributed by atoms with E-state index in [0.29, 0.717) is 25.0 Å². The zero-order chi connectivity index (χ0) is 29.1. The number of aryl methyl sites for hydroxylation is 1. The molecule has 0 aliphatic rings. The highest BCUT2D eigenvalue weighted by Gasteiger charge is 2.15. The van der Waals surface area contributed by atoms with Gasteiger partial charge in [0, 0.05) is 64.5 Å². The van der Waals surface area contributed by atoms with Crippen LogP contribution in [-0.4, -0.2) is 89.4 Å². The SMILES string of the molecule is CCn1c2ccc(C(=O)CCCN(C)C)cc2c2cc(C(=O)CCCN(C)C)ccc21.O=C(O)C=CC(=O)O. The molecule has 0 bridgehead atoms. The van der Waals surface area contributed by atoms with E-state index in [-0.39, 0.29) is 11.6 Å². The Hall–Kier alpha value is -3.82. The number of hydrogen-bond donors (Lipinski definition) is 2. The monoisotopic (exact) mass is 537 g/mol. The quantitative estimate of drug-likeness (QED) is 0.240. The first kappa shape index (κ1) is 31.4. The number of carbonyl (C=O) groups excluding carboxylic acids is 2. The van der Waals surface area contributed by atoms with Gasteiger partial charge < -0.3 is 24.6 Å². The van der Waals surface area contributed by atoms with E-state index in [1.54, 1.807) is 0 Å². The third-order valence-electron chi connectivity index (χ3n) is 6.21. The summed E-state index contributed by atoms with van der Waals surface area (Å²) in [6, 6.07) is 12.0. The molecule has 2 N–H and O–H groups in total. The average molecular weight is 538 g/mol. The molecule has 0 fully saturated rings. The molecule has 0 saturated carbocycles. The van der Waals surface area contributed by atoms with Crippen molar-refractivity contribution in [3.8, 4) is 0 Å². The van der Waals surface area contributed by atoms with Crippen LogP contribution in [0, 0.1) is 0 Å². The second kappa shape index (κ2) is 14.9. The van der Waals surface area contributed by atoms with E-state index in [2.05, 4.69) is 33.4 Å². The molecule has 0 spiro atoms. The maximum atomic E-state index is 12.7. The number of fused-ring (bicyclic) bond motifs is 3. The zero-order valence-electron chi connectivity index (χ0n) is 23.4. The Balaban J connectivity index is 0.000000580. The highest BCUT2D eigenvalue weighted by molar-refractivity contribution is 6.13. The second-order valence-electron chi connectivity index (χ2n) is 9.88. The van der Waals surface area contributed by atoms with Crippen LogP contribution in [0.4, 0.5) is 0 Å². The summed E-state index contributed by atoms with van der Waals surface area (Å²) in [6.07, 6.45) is 3.92. The smallest absolute Gasteiger partial charge is 0.328 e. The number of nitrogens with zero attached hydrogens (tertiary/aromatic N) is 3. The van der Waals surface area contributed by atoms with Crippen molar-refractivity contribution in [3.05, 3.63) is 59.7 Å². The lowest BCUT2D eigenvalue weighted by molar-refractivity contribution is -0.134. The maximum Gasteiger partial charge on any atom is 0.328 e. The Labute approximate surface area is 229 Å². The van der Waals surface area contributed by atoms with Gasteiger partial charge in [0.1, 0.15) is 0 Å². The number of benzene rings is 2. The Morgan fingerprint density at radius 1 is 0.718 bits per heavy atom. The molecule has 3 rings (SSSR count). The van der Waals surface area contributed by atoms with E-state index < -0.39 is 11.9 Å². The first-order valence-corrected chi connectivity index (χ1v) is 13.0. The Kier molecular flexibility index (Phi) is 12.0. The minimum Gasteiger partial charge on any atom is -0.478 e. The number of hydrogen-bond acceptors (Lipinski definition) is 6. The number of ketones is 2. The predicted molar refractivity (Wildman–Crippen MR) is 154 cm³/mol. The number of carboxylic acid groups (broad SMARTS) is 2. The molecule has 2 aromatic carbocycles. The molecule has 0 radical (unpaired) electrons. The summed E-state index contributed by atoms with van der Waals surface area (Å²) in [5.41, 5.74) is 3.73. The van der Waals surface area contributed by atoms with Crippen molar-refractivity contribution in [3.63, 3.8) is 0 Å². The van der Waals surface area contributed by atoms with Gasteiger partial charge in [0.25, 0.3) is 0 Å². The van der Waals surface area contributed by atoms with Crippen LogP contribution in [0.3, 0.4) is 0 Å². The van der Waals surface area contributed by atoms with Crippen LogP contribution < -0.4 is 0 Å². The Bertz CT molecular complexity index is 1250. The summed E-state index contributed by atoms with van der Waals surface area (Å²) >= 11 is 0. The lowest BCUT2D eigenvalue weighted by Gasteiger charge is -2.08. The van der Waals surface area contributed by atoms with E-state index in [1.807, 2.05) is 52.5 Å². The fourth-order valence-electron chi connectivity index (χ4n) is 4.33. The number of carboxylic acids is 2. The van der Waals surface area contributed by atoms with Gasteiger partial charge in [0.2, 0.25) is 0 Å². The third kappa shape index (κ3) is 9.46. The lowest BCUT2D eigenvalue weighted by Crippen LogP contribution is -2.14. The Morgan fingerprint density at radius 3 is 1.41 bits per heavy atom. The van der Waals surface area contributed by atoms with Crippen molar-refractivity contribution in [1.82, 2.24) is 14.4 Å². The minimum absolute atomic E-state index is 0.178. The minimum atomic E-state index is -1.26. The van der Waals surface area contributed by atoms with Crippen LogP contribution in [0.1, 0.15) is 53.3 Å². The number of rotatable bonds is 13. The molecular weight excluding hydrogens is 498 g/mol. The van der Waals surface area contributed by atoms with Crippen LogP contribution in [0.2, 0.25) is 0 Å². The van der Waals surface area contributed by atoms with Gasteiger partial charge in [-0.2, -0.15) is 0 Å². The lowest BCUT2D eigenvalue weighted by atomic mass is 10.0. The topological polar surface area (TPSA) is 120 Å². The highest BCUT2D eigenvalue weighted by Crippen LogP contribution is 2.31. The van der Waals surface area contributed by atoms with Gasteiger partial charge in [0.15, 0.2) is 11.6 Å². The predicted octanol–water partition coefficient (Wildman–Crippen LogP) is 4.58. The van der Waals surface area contributed by atoms with E-state index in [9.17, 15) is 19.2 Å². The van der Waals surface area contributed by atoms with Gasteiger partial charge in [-0.1, -0.05) is 0 Å². The first-order valence-electron chi connectivity index (χ1n) is 13.0. The third-order valence-corrected chi connectivity index (χ3v) is 6.21. The summed E-state index contributed by atoms with van der Waals surface area (Å²) in [7, 11) is 8.09. The van der Waals surface area contributed by atoms with Crippen molar-refractivity contribution in [2.75, 3.05) is 41.3 Å². The molecular formula is C30H39N3O6. The molecule has 0 aliphatic heterocycles.